The number of hydrogen-bond acceptors (Lipinski definition) is 3. The summed E-state index contributed by atoms with van der Waals surface area (Å²) in [5, 5.41) is 8.72. The van der Waals surface area contributed by atoms with Gasteiger partial charge in [0, 0.05) is 12.1 Å². The third-order valence-electron chi connectivity index (χ3n) is 3.77. The van der Waals surface area contributed by atoms with Crippen molar-refractivity contribution < 1.29 is 9.84 Å². The molecule has 114 valence electrons. The second-order valence-corrected chi connectivity index (χ2v) is 5.45. The molecule has 0 bridgehead atoms. The molecule has 0 atom stereocenters. The number of aliphatic hydroxyl groups is 1. The summed E-state index contributed by atoms with van der Waals surface area (Å²) >= 11 is 0. The van der Waals surface area contributed by atoms with E-state index in [1.54, 1.807) is 0 Å². The lowest BCUT2D eigenvalue weighted by Crippen LogP contribution is -2.31. The first-order valence-corrected chi connectivity index (χ1v) is 7.93. The van der Waals surface area contributed by atoms with Gasteiger partial charge in [-0.15, -0.1) is 0 Å². The van der Waals surface area contributed by atoms with E-state index < -0.39 is 0 Å². The first-order valence-electron chi connectivity index (χ1n) is 7.93. The zero-order valence-corrected chi connectivity index (χ0v) is 12.7. The second kappa shape index (κ2) is 9.44. The molecule has 0 aromatic heterocycles. The van der Waals surface area contributed by atoms with Crippen LogP contribution in [0.5, 0.6) is 5.75 Å². The monoisotopic (exact) mass is 287 g/mol. The van der Waals surface area contributed by atoms with Crippen LogP contribution in [0.3, 0.4) is 0 Å². The van der Waals surface area contributed by atoms with E-state index in [0.717, 1.165) is 24.5 Å². The van der Waals surface area contributed by atoms with E-state index in [1.807, 2.05) is 24.3 Å². The zero-order chi connectivity index (χ0) is 14.8. The van der Waals surface area contributed by atoms with Crippen molar-refractivity contribution in [3.8, 4) is 17.6 Å². The quantitative estimate of drug-likeness (QED) is 0.864. The highest BCUT2D eigenvalue weighted by molar-refractivity contribution is 5.39. The molecule has 1 aromatic carbocycles. The number of aliphatic hydroxyl groups excluding tert-OH is 1. The van der Waals surface area contributed by atoms with Crippen LogP contribution in [0.15, 0.2) is 24.3 Å². The van der Waals surface area contributed by atoms with Crippen LogP contribution in [-0.2, 0) is 0 Å². The van der Waals surface area contributed by atoms with Crippen molar-refractivity contribution in [3.05, 3.63) is 29.8 Å². The molecule has 1 aliphatic rings. The van der Waals surface area contributed by atoms with Crippen LogP contribution >= 0.6 is 0 Å². The molecule has 0 amide bonds. The lowest BCUT2D eigenvalue weighted by molar-refractivity contribution is 0.195. The molecule has 0 unspecified atom stereocenters. The number of ether oxygens (including phenoxy) is 1. The van der Waals surface area contributed by atoms with Gasteiger partial charge >= 0.3 is 0 Å². The summed E-state index contributed by atoms with van der Waals surface area (Å²) in [5.41, 5.74) is 0.882. The van der Waals surface area contributed by atoms with E-state index in [-0.39, 0.29) is 6.61 Å². The molecule has 1 aromatic rings. The smallest absolute Gasteiger partial charge is 0.120 e. The van der Waals surface area contributed by atoms with Crippen molar-refractivity contribution in [2.24, 2.45) is 0 Å². The topological polar surface area (TPSA) is 32.7 Å². The van der Waals surface area contributed by atoms with Crippen LogP contribution in [-0.4, -0.2) is 42.9 Å². The van der Waals surface area contributed by atoms with Crippen molar-refractivity contribution in [1.29, 1.82) is 0 Å². The first-order chi connectivity index (χ1) is 10.4. The molecule has 21 heavy (non-hydrogen) atoms. The molecule has 1 heterocycles. The van der Waals surface area contributed by atoms with Crippen molar-refractivity contribution >= 4 is 0 Å². The van der Waals surface area contributed by atoms with E-state index >= 15 is 0 Å². The summed E-state index contributed by atoms with van der Waals surface area (Å²) in [6.45, 7) is 4.00. The van der Waals surface area contributed by atoms with Gasteiger partial charge in [0.05, 0.1) is 0 Å². The Balaban J connectivity index is 1.77. The minimum Gasteiger partial charge on any atom is -0.492 e. The van der Waals surface area contributed by atoms with Crippen LogP contribution in [0.4, 0.5) is 0 Å². The Bertz CT molecular complexity index is 468. The van der Waals surface area contributed by atoms with Crippen LogP contribution in [0.1, 0.15) is 37.7 Å². The molecular weight excluding hydrogens is 262 g/mol. The van der Waals surface area contributed by atoms with Gasteiger partial charge in [0.25, 0.3) is 0 Å². The first kappa shape index (κ1) is 15.9. The highest BCUT2D eigenvalue weighted by Gasteiger charge is 2.07. The van der Waals surface area contributed by atoms with Gasteiger partial charge in [-0.2, -0.15) is 0 Å². The fourth-order valence-corrected chi connectivity index (χ4v) is 2.63. The summed E-state index contributed by atoms with van der Waals surface area (Å²) in [5.74, 6) is 6.41. The Labute approximate surface area is 127 Å². The summed E-state index contributed by atoms with van der Waals surface area (Å²) in [7, 11) is 0. The zero-order valence-electron chi connectivity index (χ0n) is 12.7. The Morgan fingerprint density at radius 3 is 2.62 bits per heavy atom. The van der Waals surface area contributed by atoms with Gasteiger partial charge in [-0.1, -0.05) is 37.2 Å². The Morgan fingerprint density at radius 1 is 1.10 bits per heavy atom. The molecular formula is C18H25NO2. The van der Waals surface area contributed by atoms with Gasteiger partial charge < -0.3 is 9.84 Å². The SMILES string of the molecule is OCC#Cc1cccc(OCCN2CCCCCCC2)c1. The maximum atomic E-state index is 8.72. The predicted molar refractivity (Wildman–Crippen MR) is 85.4 cm³/mol. The lowest BCUT2D eigenvalue weighted by atomic mass is 10.1. The number of nitrogens with zero attached hydrogens (tertiary/aromatic N) is 1. The van der Waals surface area contributed by atoms with E-state index in [0.29, 0.717) is 0 Å². The molecule has 1 saturated heterocycles. The molecule has 1 N–H and O–H groups in total. The summed E-state index contributed by atoms with van der Waals surface area (Å²) in [4.78, 5) is 2.51. The number of rotatable bonds is 4. The molecule has 3 heteroatoms. The summed E-state index contributed by atoms with van der Waals surface area (Å²) in [6.07, 6.45) is 6.75. The third-order valence-corrected chi connectivity index (χ3v) is 3.77. The molecule has 0 spiro atoms. The lowest BCUT2D eigenvalue weighted by Gasteiger charge is -2.24. The molecule has 0 radical (unpaired) electrons. The Morgan fingerprint density at radius 2 is 1.86 bits per heavy atom. The van der Waals surface area contributed by atoms with Gasteiger partial charge in [-0.3, -0.25) is 4.90 Å². The minimum absolute atomic E-state index is 0.111. The van der Waals surface area contributed by atoms with Crippen molar-refractivity contribution in [1.82, 2.24) is 4.90 Å². The van der Waals surface area contributed by atoms with Gasteiger partial charge in [0.15, 0.2) is 0 Å². The molecule has 0 saturated carbocycles. The second-order valence-electron chi connectivity index (χ2n) is 5.45. The van der Waals surface area contributed by atoms with E-state index in [9.17, 15) is 0 Å². The van der Waals surface area contributed by atoms with E-state index in [2.05, 4.69) is 16.7 Å². The Hall–Kier alpha value is -1.50. The molecule has 2 rings (SSSR count). The molecule has 3 nitrogen and oxygen atoms in total. The minimum atomic E-state index is -0.111. The van der Waals surface area contributed by atoms with Crippen LogP contribution < -0.4 is 4.74 Å². The number of benzene rings is 1. The molecule has 1 aliphatic heterocycles. The Kier molecular flexibility index (Phi) is 7.14. The van der Waals surface area contributed by atoms with Gasteiger partial charge in [0.1, 0.15) is 19.0 Å². The highest BCUT2D eigenvalue weighted by Crippen LogP contribution is 2.13. The number of hydrogen-bond donors (Lipinski definition) is 1. The average molecular weight is 287 g/mol. The molecule has 1 fully saturated rings. The van der Waals surface area contributed by atoms with Crippen molar-refractivity contribution in [2.45, 2.75) is 32.1 Å². The van der Waals surface area contributed by atoms with Gasteiger partial charge in [0.2, 0.25) is 0 Å². The van der Waals surface area contributed by atoms with Crippen LogP contribution in [0, 0.1) is 11.8 Å². The number of likely N-dealkylation sites (tertiary alicyclic amines) is 1. The fourth-order valence-electron chi connectivity index (χ4n) is 2.63. The van der Waals surface area contributed by atoms with E-state index in [4.69, 9.17) is 9.84 Å². The molecule has 0 aliphatic carbocycles. The third kappa shape index (κ3) is 6.20. The van der Waals surface area contributed by atoms with Crippen molar-refractivity contribution in [2.75, 3.05) is 32.8 Å². The van der Waals surface area contributed by atoms with Gasteiger partial charge in [-0.25, -0.2) is 0 Å². The highest BCUT2D eigenvalue weighted by atomic mass is 16.5. The maximum absolute atomic E-state index is 8.72. The van der Waals surface area contributed by atoms with Gasteiger partial charge in [-0.05, 0) is 44.1 Å². The average Bonchev–Trinajstić information content (AvgIpc) is 2.47. The summed E-state index contributed by atoms with van der Waals surface area (Å²) < 4.78 is 5.83. The van der Waals surface area contributed by atoms with Crippen molar-refractivity contribution in [3.63, 3.8) is 0 Å². The van der Waals surface area contributed by atoms with E-state index in [1.165, 1.54) is 45.2 Å². The normalized spacial score (nSPS) is 16.4. The maximum Gasteiger partial charge on any atom is 0.120 e. The fraction of sp³-hybridized carbons (Fsp3) is 0.556. The van der Waals surface area contributed by atoms with Crippen LogP contribution in [0.2, 0.25) is 0 Å². The summed E-state index contributed by atoms with van der Waals surface area (Å²) in [6, 6.07) is 7.74. The van der Waals surface area contributed by atoms with Crippen LogP contribution in [0.25, 0.3) is 0 Å². The largest absolute Gasteiger partial charge is 0.492 e. The predicted octanol–water partition coefficient (Wildman–Crippen LogP) is 2.68. The standard InChI is InChI=1S/C18H25NO2/c20-14-7-9-17-8-6-10-18(16-17)21-15-13-19-11-4-2-1-3-5-12-19/h6,8,10,16,20H,1-5,11-15H2.